The Kier molecular flexibility index (Phi) is 2.49. The molecule has 0 amide bonds. The van der Waals surface area contributed by atoms with Crippen LogP contribution in [0.3, 0.4) is 0 Å². The van der Waals surface area contributed by atoms with Crippen molar-refractivity contribution in [2.24, 2.45) is 0 Å². The zero-order chi connectivity index (χ0) is 9.26. The van der Waals surface area contributed by atoms with E-state index in [9.17, 15) is 0 Å². The lowest BCUT2D eigenvalue weighted by atomic mass is 10.2. The highest BCUT2D eigenvalue weighted by Gasteiger charge is 2.18. The van der Waals surface area contributed by atoms with Crippen molar-refractivity contribution < 1.29 is 4.74 Å². The molecule has 1 aliphatic rings. The van der Waals surface area contributed by atoms with Gasteiger partial charge >= 0.3 is 0 Å². The second-order valence-corrected chi connectivity index (χ2v) is 4.75. The third-order valence-corrected chi connectivity index (χ3v) is 3.67. The largest absolute Gasteiger partial charge is 0.491 e. The molecule has 1 nitrogen and oxygen atoms in total. The minimum atomic E-state index is 0.634. The molecule has 1 heterocycles. The van der Waals surface area contributed by atoms with Crippen LogP contribution in [0.1, 0.15) is 18.9 Å². The van der Waals surface area contributed by atoms with Crippen molar-refractivity contribution >= 4 is 11.8 Å². The number of hydrogen-bond acceptors (Lipinski definition) is 2. The zero-order valence-electron chi connectivity index (χ0n) is 8.04. The summed E-state index contributed by atoms with van der Waals surface area (Å²) < 4.78 is 5.69. The van der Waals surface area contributed by atoms with Gasteiger partial charge in [0.2, 0.25) is 0 Å². The molecule has 0 radical (unpaired) electrons. The van der Waals surface area contributed by atoms with Gasteiger partial charge in [-0.1, -0.05) is 13.0 Å². The van der Waals surface area contributed by atoms with Crippen LogP contribution in [0.25, 0.3) is 0 Å². The summed E-state index contributed by atoms with van der Waals surface area (Å²) in [5.74, 6) is 1.06. The van der Waals surface area contributed by atoms with Gasteiger partial charge in [-0.15, -0.1) is 11.8 Å². The van der Waals surface area contributed by atoms with Crippen LogP contribution >= 0.6 is 11.8 Å². The van der Waals surface area contributed by atoms with Gasteiger partial charge < -0.3 is 4.74 Å². The maximum atomic E-state index is 5.69. The number of aryl methyl sites for hydroxylation is 1. The summed E-state index contributed by atoms with van der Waals surface area (Å²) in [5.41, 5.74) is 1.27. The standard InChI is InChI=1S/C11H14OS/c1-3-9-7-12-10-6-8(2)4-5-11(10)13-9/h4-6,9H,3,7H2,1-2H3. The molecule has 1 atom stereocenters. The fourth-order valence-corrected chi connectivity index (χ4v) is 2.47. The second-order valence-electron chi connectivity index (χ2n) is 3.41. The number of ether oxygens (including phenoxy) is 1. The summed E-state index contributed by atoms with van der Waals surface area (Å²) >= 11 is 1.94. The average Bonchev–Trinajstić information content (AvgIpc) is 2.17. The van der Waals surface area contributed by atoms with E-state index >= 15 is 0 Å². The molecule has 0 fully saturated rings. The van der Waals surface area contributed by atoms with E-state index in [4.69, 9.17) is 4.74 Å². The topological polar surface area (TPSA) is 9.23 Å². The van der Waals surface area contributed by atoms with Crippen molar-refractivity contribution in [1.29, 1.82) is 0 Å². The third kappa shape index (κ3) is 1.83. The molecule has 0 bridgehead atoms. The zero-order valence-corrected chi connectivity index (χ0v) is 8.86. The van der Waals surface area contributed by atoms with Crippen LogP contribution in [-0.4, -0.2) is 11.9 Å². The summed E-state index contributed by atoms with van der Waals surface area (Å²) in [6.45, 7) is 5.16. The number of rotatable bonds is 1. The van der Waals surface area contributed by atoms with Gasteiger partial charge in [-0.3, -0.25) is 0 Å². The molecule has 2 rings (SSSR count). The van der Waals surface area contributed by atoms with Crippen LogP contribution in [-0.2, 0) is 0 Å². The highest BCUT2D eigenvalue weighted by Crippen LogP contribution is 2.38. The molecule has 0 saturated heterocycles. The monoisotopic (exact) mass is 194 g/mol. The van der Waals surface area contributed by atoms with Crippen molar-refractivity contribution in [2.75, 3.05) is 6.61 Å². The Morgan fingerprint density at radius 2 is 2.38 bits per heavy atom. The molecule has 0 aliphatic carbocycles. The minimum absolute atomic E-state index is 0.634. The van der Waals surface area contributed by atoms with Gasteiger partial charge in [-0.2, -0.15) is 0 Å². The first-order valence-corrected chi connectivity index (χ1v) is 5.57. The van der Waals surface area contributed by atoms with E-state index in [1.807, 2.05) is 11.8 Å². The number of benzene rings is 1. The van der Waals surface area contributed by atoms with Gasteiger partial charge in [0.1, 0.15) is 12.4 Å². The average molecular weight is 194 g/mol. The first-order valence-electron chi connectivity index (χ1n) is 4.69. The molecular weight excluding hydrogens is 180 g/mol. The van der Waals surface area contributed by atoms with E-state index in [1.54, 1.807) is 0 Å². The molecule has 0 saturated carbocycles. The van der Waals surface area contributed by atoms with Crippen LogP contribution in [0, 0.1) is 6.92 Å². The van der Waals surface area contributed by atoms with Crippen LogP contribution in [0.4, 0.5) is 0 Å². The molecule has 1 aliphatic heterocycles. The molecule has 0 N–H and O–H groups in total. The van der Waals surface area contributed by atoms with E-state index in [2.05, 4.69) is 32.0 Å². The summed E-state index contributed by atoms with van der Waals surface area (Å²) in [4.78, 5) is 1.30. The molecule has 1 aromatic carbocycles. The Bertz CT molecular complexity index is 309. The Balaban J connectivity index is 2.26. The third-order valence-electron chi connectivity index (χ3n) is 2.27. The summed E-state index contributed by atoms with van der Waals surface area (Å²) in [6, 6.07) is 6.43. The molecule has 70 valence electrons. The van der Waals surface area contributed by atoms with Crippen molar-refractivity contribution in [3.63, 3.8) is 0 Å². The predicted octanol–water partition coefficient (Wildman–Crippen LogP) is 3.26. The highest BCUT2D eigenvalue weighted by atomic mass is 32.2. The quantitative estimate of drug-likeness (QED) is 0.678. The number of hydrogen-bond donors (Lipinski definition) is 0. The normalized spacial score (nSPS) is 20.6. The first-order chi connectivity index (χ1) is 6.29. The number of fused-ring (bicyclic) bond motifs is 1. The lowest BCUT2D eigenvalue weighted by Gasteiger charge is -2.23. The van der Waals surface area contributed by atoms with Crippen LogP contribution in [0.5, 0.6) is 5.75 Å². The second kappa shape index (κ2) is 3.62. The van der Waals surface area contributed by atoms with Crippen LogP contribution in [0.2, 0.25) is 0 Å². The van der Waals surface area contributed by atoms with Crippen molar-refractivity contribution in [3.05, 3.63) is 23.8 Å². The van der Waals surface area contributed by atoms with Gasteiger partial charge in [0.25, 0.3) is 0 Å². The van der Waals surface area contributed by atoms with Gasteiger partial charge in [0.15, 0.2) is 0 Å². The highest BCUT2D eigenvalue weighted by molar-refractivity contribution is 8.00. The summed E-state index contributed by atoms with van der Waals surface area (Å²) in [6.07, 6.45) is 1.18. The molecular formula is C11H14OS. The van der Waals surface area contributed by atoms with Gasteiger partial charge in [-0.25, -0.2) is 0 Å². The van der Waals surface area contributed by atoms with Gasteiger partial charge in [0.05, 0.1) is 0 Å². The van der Waals surface area contributed by atoms with Crippen molar-refractivity contribution in [2.45, 2.75) is 30.4 Å². The Hall–Kier alpha value is -0.630. The lowest BCUT2D eigenvalue weighted by Crippen LogP contribution is -2.17. The lowest BCUT2D eigenvalue weighted by molar-refractivity contribution is 0.300. The van der Waals surface area contributed by atoms with E-state index in [1.165, 1.54) is 16.9 Å². The molecule has 0 aromatic heterocycles. The Morgan fingerprint density at radius 1 is 1.54 bits per heavy atom. The molecule has 2 heteroatoms. The minimum Gasteiger partial charge on any atom is -0.491 e. The summed E-state index contributed by atoms with van der Waals surface area (Å²) in [7, 11) is 0. The Morgan fingerprint density at radius 3 is 3.15 bits per heavy atom. The fraction of sp³-hybridized carbons (Fsp3) is 0.455. The Labute approximate surface area is 83.5 Å². The molecule has 13 heavy (non-hydrogen) atoms. The molecule has 0 spiro atoms. The van der Waals surface area contributed by atoms with E-state index < -0.39 is 0 Å². The fourth-order valence-electron chi connectivity index (χ4n) is 1.42. The first kappa shape index (κ1) is 8.95. The predicted molar refractivity (Wildman–Crippen MR) is 56.6 cm³/mol. The van der Waals surface area contributed by atoms with Crippen molar-refractivity contribution in [3.8, 4) is 5.75 Å². The van der Waals surface area contributed by atoms with Crippen LogP contribution < -0.4 is 4.74 Å². The van der Waals surface area contributed by atoms with Crippen molar-refractivity contribution in [1.82, 2.24) is 0 Å². The molecule has 1 unspecified atom stereocenters. The van der Waals surface area contributed by atoms with E-state index in [0.29, 0.717) is 5.25 Å². The van der Waals surface area contributed by atoms with E-state index in [-0.39, 0.29) is 0 Å². The van der Waals surface area contributed by atoms with Gasteiger partial charge in [-0.05, 0) is 31.0 Å². The maximum Gasteiger partial charge on any atom is 0.133 e. The van der Waals surface area contributed by atoms with Crippen LogP contribution in [0.15, 0.2) is 23.1 Å². The smallest absolute Gasteiger partial charge is 0.133 e. The SMILES string of the molecule is CCC1COc2cc(C)ccc2S1. The summed E-state index contributed by atoms with van der Waals surface area (Å²) in [5, 5.41) is 0.634. The molecule has 1 aromatic rings. The maximum absolute atomic E-state index is 5.69. The number of thioether (sulfide) groups is 1. The van der Waals surface area contributed by atoms with Gasteiger partial charge in [0, 0.05) is 10.1 Å². The van der Waals surface area contributed by atoms with E-state index in [0.717, 1.165) is 12.4 Å².